The van der Waals surface area contributed by atoms with E-state index in [9.17, 15) is 18.0 Å². The topological polar surface area (TPSA) is 58.1 Å². The van der Waals surface area contributed by atoms with E-state index in [1.807, 2.05) is 0 Å². The maximum Gasteiger partial charge on any atom is 0.434 e. The number of anilines is 1. The zero-order chi connectivity index (χ0) is 16.5. The van der Waals surface area contributed by atoms with Crippen LogP contribution in [-0.2, 0) is 11.0 Å². The van der Waals surface area contributed by atoms with E-state index in [1.165, 1.54) is 0 Å². The molecule has 0 aromatic carbocycles. The second kappa shape index (κ2) is 5.73. The second-order valence-corrected chi connectivity index (χ2v) is 6.30. The number of rotatable bonds is 3. The number of aromatic nitrogens is 2. The number of alkyl halides is 3. The van der Waals surface area contributed by atoms with Gasteiger partial charge in [-0.1, -0.05) is 20.8 Å². The Balaban J connectivity index is 1.89. The van der Waals surface area contributed by atoms with Crippen LogP contribution in [0.1, 0.15) is 26.5 Å². The van der Waals surface area contributed by atoms with E-state index in [-0.39, 0.29) is 23.7 Å². The number of halogens is 3. The molecule has 2 rings (SSSR count). The second-order valence-electron chi connectivity index (χ2n) is 6.30. The average molecular weight is 316 g/mol. The first kappa shape index (κ1) is 16.5. The zero-order valence-electron chi connectivity index (χ0n) is 12.7. The van der Waals surface area contributed by atoms with Gasteiger partial charge in [-0.05, 0) is 11.3 Å². The van der Waals surface area contributed by atoms with Crippen LogP contribution in [0.5, 0.6) is 0 Å². The first-order valence-corrected chi connectivity index (χ1v) is 7.00. The number of carbonyl (C=O) groups excluding carboxylic acids is 1. The fourth-order valence-electron chi connectivity index (χ4n) is 2.32. The fourth-order valence-corrected chi connectivity index (χ4v) is 2.32. The Kier molecular flexibility index (Phi) is 4.30. The van der Waals surface area contributed by atoms with Crippen molar-refractivity contribution in [3.63, 3.8) is 0 Å². The molecule has 1 aromatic heterocycles. The molecular weight excluding hydrogens is 297 g/mol. The van der Waals surface area contributed by atoms with Crippen molar-refractivity contribution in [3.8, 4) is 0 Å². The van der Waals surface area contributed by atoms with Crippen LogP contribution in [0.4, 0.5) is 19.0 Å². The van der Waals surface area contributed by atoms with Crippen LogP contribution in [0.25, 0.3) is 0 Å². The van der Waals surface area contributed by atoms with Gasteiger partial charge in [0.15, 0.2) is 5.69 Å². The molecule has 1 saturated heterocycles. The highest BCUT2D eigenvalue weighted by atomic mass is 19.4. The molecule has 2 heterocycles. The third-order valence-electron chi connectivity index (χ3n) is 4.14. The molecule has 1 atom stereocenters. The lowest BCUT2D eigenvalue weighted by Gasteiger charge is -2.22. The SMILES string of the molecule is CC1CN(C(=O)CNc2cnc(C(F)(F)F)cn2)CC1(C)C. The summed E-state index contributed by atoms with van der Waals surface area (Å²) < 4.78 is 37.1. The van der Waals surface area contributed by atoms with Gasteiger partial charge in [0, 0.05) is 13.1 Å². The Hall–Kier alpha value is -1.86. The molecule has 122 valence electrons. The van der Waals surface area contributed by atoms with Crippen LogP contribution >= 0.6 is 0 Å². The largest absolute Gasteiger partial charge is 0.434 e. The summed E-state index contributed by atoms with van der Waals surface area (Å²) in [5.74, 6) is 0.453. The van der Waals surface area contributed by atoms with Crippen molar-refractivity contribution in [2.24, 2.45) is 11.3 Å². The van der Waals surface area contributed by atoms with Crippen LogP contribution in [-0.4, -0.2) is 40.4 Å². The monoisotopic (exact) mass is 316 g/mol. The lowest BCUT2D eigenvalue weighted by molar-refractivity contribution is -0.141. The van der Waals surface area contributed by atoms with E-state index < -0.39 is 11.9 Å². The minimum absolute atomic E-state index is 0.0111. The molecule has 22 heavy (non-hydrogen) atoms. The smallest absolute Gasteiger partial charge is 0.360 e. The molecule has 8 heteroatoms. The van der Waals surface area contributed by atoms with Gasteiger partial charge in [-0.3, -0.25) is 4.79 Å². The quantitative estimate of drug-likeness (QED) is 0.930. The first-order chi connectivity index (χ1) is 10.1. The molecule has 0 saturated carbocycles. The predicted molar refractivity (Wildman–Crippen MR) is 75.0 cm³/mol. The summed E-state index contributed by atoms with van der Waals surface area (Å²) in [7, 11) is 0. The van der Waals surface area contributed by atoms with Gasteiger partial charge in [0.25, 0.3) is 0 Å². The summed E-state index contributed by atoms with van der Waals surface area (Å²) in [5, 5.41) is 2.71. The van der Waals surface area contributed by atoms with Gasteiger partial charge in [-0.15, -0.1) is 0 Å². The molecule has 0 bridgehead atoms. The minimum atomic E-state index is -4.52. The third kappa shape index (κ3) is 3.66. The molecule has 1 aromatic rings. The van der Waals surface area contributed by atoms with Crippen molar-refractivity contribution in [2.45, 2.75) is 26.9 Å². The summed E-state index contributed by atoms with van der Waals surface area (Å²) in [4.78, 5) is 20.8. The van der Waals surface area contributed by atoms with Crippen LogP contribution < -0.4 is 5.32 Å². The molecular formula is C14H19F3N4O. The predicted octanol–water partition coefficient (Wildman–Crippen LogP) is 2.41. The Morgan fingerprint density at radius 2 is 2.09 bits per heavy atom. The van der Waals surface area contributed by atoms with Gasteiger partial charge in [0.1, 0.15) is 5.82 Å². The Bertz CT molecular complexity index is 542. The molecule has 0 spiro atoms. The number of likely N-dealkylation sites (tertiary alicyclic amines) is 1. The van der Waals surface area contributed by atoms with Crippen molar-refractivity contribution in [1.82, 2.24) is 14.9 Å². The van der Waals surface area contributed by atoms with Crippen molar-refractivity contribution in [1.29, 1.82) is 0 Å². The molecule has 1 amide bonds. The molecule has 0 radical (unpaired) electrons. The van der Waals surface area contributed by atoms with Crippen molar-refractivity contribution in [3.05, 3.63) is 18.1 Å². The summed E-state index contributed by atoms with van der Waals surface area (Å²) >= 11 is 0. The standard InChI is InChI=1S/C14H19F3N4O/c1-9-7-21(8-13(9,2)3)12(22)6-20-11-5-18-10(4-19-11)14(15,16)17/h4-5,9H,6-8H2,1-3H3,(H,19,20). The summed E-state index contributed by atoms with van der Waals surface area (Å²) in [5.41, 5.74) is -0.983. The van der Waals surface area contributed by atoms with E-state index in [0.29, 0.717) is 25.2 Å². The Labute approximate surface area is 126 Å². The van der Waals surface area contributed by atoms with E-state index in [2.05, 4.69) is 36.1 Å². The average Bonchev–Trinajstić information content (AvgIpc) is 2.70. The molecule has 0 aliphatic carbocycles. The lowest BCUT2D eigenvalue weighted by Crippen LogP contribution is -2.34. The van der Waals surface area contributed by atoms with Gasteiger partial charge >= 0.3 is 6.18 Å². The normalized spacial score (nSPS) is 21.0. The third-order valence-corrected chi connectivity index (χ3v) is 4.14. The number of nitrogens with one attached hydrogen (secondary N) is 1. The molecule has 1 aliphatic heterocycles. The van der Waals surface area contributed by atoms with Crippen LogP contribution in [0.15, 0.2) is 12.4 Å². The zero-order valence-corrected chi connectivity index (χ0v) is 12.7. The highest BCUT2D eigenvalue weighted by Crippen LogP contribution is 2.34. The van der Waals surface area contributed by atoms with Gasteiger partial charge < -0.3 is 10.2 Å². The Morgan fingerprint density at radius 1 is 1.41 bits per heavy atom. The van der Waals surface area contributed by atoms with E-state index in [4.69, 9.17) is 0 Å². The number of hydrogen-bond donors (Lipinski definition) is 1. The molecule has 1 unspecified atom stereocenters. The molecule has 1 aliphatic rings. The van der Waals surface area contributed by atoms with E-state index in [1.54, 1.807) is 4.90 Å². The highest BCUT2D eigenvalue weighted by Gasteiger charge is 2.38. The van der Waals surface area contributed by atoms with Crippen LogP contribution in [0.3, 0.4) is 0 Å². The highest BCUT2D eigenvalue weighted by molar-refractivity contribution is 5.80. The van der Waals surface area contributed by atoms with Crippen molar-refractivity contribution < 1.29 is 18.0 Å². The number of hydrogen-bond acceptors (Lipinski definition) is 4. The molecule has 5 nitrogen and oxygen atoms in total. The lowest BCUT2D eigenvalue weighted by atomic mass is 9.84. The van der Waals surface area contributed by atoms with Crippen molar-refractivity contribution >= 4 is 11.7 Å². The maximum atomic E-state index is 12.4. The first-order valence-electron chi connectivity index (χ1n) is 7.00. The van der Waals surface area contributed by atoms with E-state index in [0.717, 1.165) is 6.20 Å². The number of carbonyl (C=O) groups is 1. The molecule has 1 fully saturated rings. The summed E-state index contributed by atoms with van der Waals surface area (Å²) in [6.07, 6.45) is -2.89. The van der Waals surface area contributed by atoms with Crippen LogP contribution in [0.2, 0.25) is 0 Å². The number of nitrogens with zero attached hydrogens (tertiary/aromatic N) is 3. The fraction of sp³-hybridized carbons (Fsp3) is 0.643. The van der Waals surface area contributed by atoms with Gasteiger partial charge in [0.05, 0.1) is 18.9 Å². The van der Waals surface area contributed by atoms with Crippen molar-refractivity contribution in [2.75, 3.05) is 25.0 Å². The van der Waals surface area contributed by atoms with Gasteiger partial charge in [-0.2, -0.15) is 13.2 Å². The maximum absolute atomic E-state index is 12.4. The van der Waals surface area contributed by atoms with E-state index >= 15 is 0 Å². The van der Waals surface area contributed by atoms with Gasteiger partial charge in [-0.25, -0.2) is 9.97 Å². The summed E-state index contributed by atoms with van der Waals surface area (Å²) in [6.45, 7) is 7.67. The summed E-state index contributed by atoms with van der Waals surface area (Å²) in [6, 6.07) is 0. The minimum Gasteiger partial charge on any atom is -0.360 e. The molecule has 1 N–H and O–H groups in total. The van der Waals surface area contributed by atoms with Gasteiger partial charge in [0.2, 0.25) is 5.91 Å². The Morgan fingerprint density at radius 3 is 2.55 bits per heavy atom. The van der Waals surface area contributed by atoms with Crippen LogP contribution in [0, 0.1) is 11.3 Å². The number of amides is 1.